The van der Waals surface area contributed by atoms with E-state index < -0.39 is 0 Å². The Kier molecular flexibility index (Phi) is 6.48. The molecule has 0 radical (unpaired) electrons. The highest BCUT2D eigenvalue weighted by atomic mass is 16.3. The van der Waals surface area contributed by atoms with Gasteiger partial charge in [0.2, 0.25) is 0 Å². The molecule has 1 aromatic rings. The molecule has 0 fully saturated rings. The van der Waals surface area contributed by atoms with Crippen molar-refractivity contribution >= 4 is 0 Å². The molecule has 0 aliphatic rings. The summed E-state index contributed by atoms with van der Waals surface area (Å²) in [6.07, 6.45) is 5.08. The lowest BCUT2D eigenvalue weighted by molar-refractivity contribution is 0.316. The zero-order valence-corrected chi connectivity index (χ0v) is 12.7. The van der Waals surface area contributed by atoms with Gasteiger partial charge in [0.1, 0.15) is 11.5 Å². The molecule has 1 unspecified atom stereocenters. The second-order valence-electron chi connectivity index (χ2n) is 5.24. The van der Waals surface area contributed by atoms with Crippen LogP contribution in [0.4, 0.5) is 0 Å². The van der Waals surface area contributed by atoms with Crippen molar-refractivity contribution in [3.05, 3.63) is 23.2 Å². The first-order valence-electron chi connectivity index (χ1n) is 7.44. The summed E-state index contributed by atoms with van der Waals surface area (Å²) in [6.45, 7) is 11.9. The summed E-state index contributed by atoms with van der Waals surface area (Å²) in [5.41, 5.74) is 1.36. The summed E-state index contributed by atoms with van der Waals surface area (Å²) in [4.78, 5) is 0. The van der Waals surface area contributed by atoms with Gasteiger partial charge in [-0.05, 0) is 45.2 Å². The average Bonchev–Trinajstić information content (AvgIpc) is 2.65. The van der Waals surface area contributed by atoms with Crippen LogP contribution in [0.1, 0.15) is 69.6 Å². The maximum Gasteiger partial charge on any atom is 0.105 e. The Morgan fingerprint density at radius 3 is 2.11 bits per heavy atom. The smallest absolute Gasteiger partial charge is 0.105 e. The van der Waals surface area contributed by atoms with Crippen molar-refractivity contribution in [1.82, 2.24) is 5.32 Å². The molecule has 0 aliphatic carbocycles. The summed E-state index contributed by atoms with van der Waals surface area (Å²) >= 11 is 0. The molecule has 0 spiro atoms. The zero-order valence-electron chi connectivity index (χ0n) is 12.7. The fourth-order valence-corrected chi connectivity index (χ4v) is 2.93. The zero-order chi connectivity index (χ0) is 13.5. The minimum Gasteiger partial charge on any atom is -0.466 e. The Morgan fingerprint density at radius 2 is 1.72 bits per heavy atom. The third-order valence-electron chi connectivity index (χ3n) is 3.63. The topological polar surface area (TPSA) is 25.2 Å². The molecule has 1 aromatic heterocycles. The molecule has 0 amide bonds. The van der Waals surface area contributed by atoms with Crippen LogP contribution in [-0.2, 0) is 0 Å². The Labute approximate surface area is 112 Å². The van der Waals surface area contributed by atoms with E-state index in [9.17, 15) is 0 Å². The quantitative estimate of drug-likeness (QED) is 0.720. The molecule has 0 bridgehead atoms. The summed E-state index contributed by atoms with van der Waals surface area (Å²) < 4.78 is 5.71. The molecule has 1 atom stereocenters. The molecule has 1 rings (SSSR count). The van der Waals surface area contributed by atoms with Crippen LogP contribution in [0, 0.1) is 19.8 Å². The predicted octanol–water partition coefficient (Wildman–Crippen LogP) is 4.76. The van der Waals surface area contributed by atoms with Gasteiger partial charge in [0, 0.05) is 11.6 Å². The maximum absolute atomic E-state index is 5.71. The predicted molar refractivity (Wildman–Crippen MR) is 77.9 cm³/mol. The summed E-state index contributed by atoms with van der Waals surface area (Å²) in [7, 11) is 0. The van der Waals surface area contributed by atoms with Crippen LogP contribution >= 0.6 is 0 Å². The molecule has 1 N–H and O–H groups in total. The minimum absolute atomic E-state index is 0.451. The number of furan rings is 1. The Bertz CT molecular complexity index is 337. The van der Waals surface area contributed by atoms with Crippen LogP contribution in [0.5, 0.6) is 0 Å². The summed E-state index contributed by atoms with van der Waals surface area (Å²) in [6, 6.07) is 2.66. The largest absolute Gasteiger partial charge is 0.466 e. The van der Waals surface area contributed by atoms with E-state index in [1.807, 2.05) is 6.92 Å². The number of hydrogen-bond acceptors (Lipinski definition) is 2. The molecule has 1 heterocycles. The summed E-state index contributed by atoms with van der Waals surface area (Å²) in [5.74, 6) is 2.82. The van der Waals surface area contributed by atoms with Gasteiger partial charge in [-0.1, -0.05) is 33.6 Å². The van der Waals surface area contributed by atoms with E-state index in [-0.39, 0.29) is 0 Å². The van der Waals surface area contributed by atoms with Crippen LogP contribution in [0.15, 0.2) is 10.5 Å². The van der Waals surface area contributed by atoms with E-state index in [1.165, 1.54) is 31.2 Å². The second kappa shape index (κ2) is 7.63. The minimum atomic E-state index is 0.451. The highest BCUT2D eigenvalue weighted by molar-refractivity contribution is 5.24. The molecule has 104 valence electrons. The van der Waals surface area contributed by atoms with E-state index in [2.05, 4.69) is 39.1 Å². The van der Waals surface area contributed by atoms with Gasteiger partial charge in [-0.2, -0.15) is 0 Å². The van der Waals surface area contributed by atoms with Crippen molar-refractivity contribution in [2.45, 2.75) is 66.3 Å². The molecule has 0 saturated carbocycles. The van der Waals surface area contributed by atoms with Crippen LogP contribution in [0.25, 0.3) is 0 Å². The van der Waals surface area contributed by atoms with Crippen LogP contribution < -0.4 is 5.32 Å². The van der Waals surface area contributed by atoms with E-state index in [0.29, 0.717) is 6.04 Å². The van der Waals surface area contributed by atoms with Crippen LogP contribution in [-0.4, -0.2) is 6.54 Å². The fraction of sp³-hybridized carbons (Fsp3) is 0.750. The summed E-state index contributed by atoms with van der Waals surface area (Å²) in [5, 5.41) is 3.66. The molecule has 2 heteroatoms. The third-order valence-corrected chi connectivity index (χ3v) is 3.63. The first-order chi connectivity index (χ1) is 8.63. The van der Waals surface area contributed by atoms with Gasteiger partial charge < -0.3 is 9.73 Å². The number of aryl methyl sites for hydroxylation is 2. The number of hydrogen-bond donors (Lipinski definition) is 1. The van der Waals surface area contributed by atoms with Crippen molar-refractivity contribution < 1.29 is 4.42 Å². The van der Waals surface area contributed by atoms with E-state index >= 15 is 0 Å². The van der Waals surface area contributed by atoms with E-state index in [4.69, 9.17) is 4.42 Å². The fourth-order valence-electron chi connectivity index (χ4n) is 2.93. The SMILES string of the molecule is CCCC(CCC)C(NCC)c1cc(C)oc1C. The lowest BCUT2D eigenvalue weighted by Crippen LogP contribution is -2.28. The molecule has 2 nitrogen and oxygen atoms in total. The van der Waals surface area contributed by atoms with Crippen LogP contribution in [0.3, 0.4) is 0 Å². The lowest BCUT2D eigenvalue weighted by Gasteiger charge is -2.27. The molecule has 0 aliphatic heterocycles. The second-order valence-corrected chi connectivity index (χ2v) is 5.24. The molecular formula is C16H29NO. The molecular weight excluding hydrogens is 222 g/mol. The van der Waals surface area contributed by atoms with Crippen LogP contribution in [0.2, 0.25) is 0 Å². The van der Waals surface area contributed by atoms with Crippen molar-refractivity contribution in [1.29, 1.82) is 0 Å². The Hall–Kier alpha value is -0.760. The molecule has 0 saturated heterocycles. The van der Waals surface area contributed by atoms with Gasteiger partial charge >= 0.3 is 0 Å². The van der Waals surface area contributed by atoms with Crippen molar-refractivity contribution in [3.63, 3.8) is 0 Å². The van der Waals surface area contributed by atoms with E-state index in [0.717, 1.165) is 24.0 Å². The number of nitrogens with one attached hydrogen (secondary N) is 1. The molecule has 0 aromatic carbocycles. The van der Waals surface area contributed by atoms with Crippen molar-refractivity contribution in [2.75, 3.05) is 6.54 Å². The first-order valence-corrected chi connectivity index (χ1v) is 7.44. The van der Waals surface area contributed by atoms with Crippen molar-refractivity contribution in [3.8, 4) is 0 Å². The van der Waals surface area contributed by atoms with Gasteiger partial charge in [0.25, 0.3) is 0 Å². The van der Waals surface area contributed by atoms with Gasteiger partial charge in [0.15, 0.2) is 0 Å². The normalized spacial score (nSPS) is 13.2. The Balaban J connectivity index is 2.94. The highest BCUT2D eigenvalue weighted by Gasteiger charge is 2.24. The number of rotatable bonds is 8. The Morgan fingerprint density at radius 1 is 1.11 bits per heavy atom. The highest BCUT2D eigenvalue weighted by Crippen LogP contribution is 2.32. The first kappa shape index (κ1) is 15.3. The molecule has 18 heavy (non-hydrogen) atoms. The lowest BCUT2D eigenvalue weighted by atomic mass is 9.86. The maximum atomic E-state index is 5.71. The van der Waals surface area contributed by atoms with Gasteiger partial charge in [-0.25, -0.2) is 0 Å². The van der Waals surface area contributed by atoms with Gasteiger partial charge in [0.05, 0.1) is 0 Å². The van der Waals surface area contributed by atoms with Crippen molar-refractivity contribution in [2.24, 2.45) is 5.92 Å². The average molecular weight is 251 g/mol. The monoisotopic (exact) mass is 251 g/mol. The third kappa shape index (κ3) is 3.88. The van der Waals surface area contributed by atoms with Gasteiger partial charge in [-0.3, -0.25) is 0 Å². The standard InChI is InChI=1S/C16H29NO/c1-6-9-14(10-7-2)16(17-8-3)15-11-12(4)18-13(15)5/h11,14,16-17H,6-10H2,1-5H3. The van der Waals surface area contributed by atoms with E-state index in [1.54, 1.807) is 0 Å². The van der Waals surface area contributed by atoms with Gasteiger partial charge in [-0.15, -0.1) is 0 Å².